The molecule has 1 fully saturated rings. The Morgan fingerprint density at radius 2 is 1.89 bits per heavy atom. The van der Waals surface area contributed by atoms with E-state index in [0.717, 1.165) is 34.5 Å². The van der Waals surface area contributed by atoms with Gasteiger partial charge in [0.1, 0.15) is 5.58 Å². The number of para-hydroxylation sites is 1. The van der Waals surface area contributed by atoms with Gasteiger partial charge in [-0.15, -0.1) is 0 Å². The van der Waals surface area contributed by atoms with Crippen molar-refractivity contribution in [3.63, 3.8) is 0 Å². The molecule has 5 heteroatoms. The number of fused-ring (bicyclic) bond motifs is 1. The number of furan rings is 1. The van der Waals surface area contributed by atoms with Crippen molar-refractivity contribution in [1.82, 2.24) is 4.90 Å². The summed E-state index contributed by atoms with van der Waals surface area (Å²) in [7, 11) is 0. The van der Waals surface area contributed by atoms with Gasteiger partial charge >= 0.3 is 0 Å². The Hall–Kier alpha value is -2.24. The maximum Gasteiger partial charge on any atom is 0.290 e. The van der Waals surface area contributed by atoms with Crippen LogP contribution in [0.1, 0.15) is 35.0 Å². The molecule has 0 saturated carbocycles. The average Bonchev–Trinajstić information content (AvgIpc) is 3.29. The Balaban J connectivity index is 1.59. The van der Waals surface area contributed by atoms with Gasteiger partial charge in [-0.2, -0.15) is 11.8 Å². The lowest BCUT2D eigenvalue weighted by atomic mass is 10.1. The zero-order valence-corrected chi connectivity index (χ0v) is 17.0. The predicted molar refractivity (Wildman–Crippen MR) is 115 cm³/mol. The Bertz CT molecular complexity index is 954. The maximum atomic E-state index is 13.3. The normalized spacial score (nSPS) is 19.4. The van der Waals surface area contributed by atoms with Gasteiger partial charge in [-0.1, -0.05) is 48.5 Å². The lowest BCUT2D eigenvalue weighted by Crippen LogP contribution is -2.34. The van der Waals surface area contributed by atoms with Gasteiger partial charge in [0.25, 0.3) is 5.91 Å². The third-order valence-electron chi connectivity index (χ3n) is 5.51. The first-order valence-electron chi connectivity index (χ1n) is 9.80. The molecule has 1 aliphatic rings. The summed E-state index contributed by atoms with van der Waals surface area (Å²) in [5.74, 6) is 2.51. The van der Waals surface area contributed by atoms with Crippen molar-refractivity contribution in [3.8, 4) is 0 Å². The molecule has 2 heterocycles. The number of carbonyl (C=O) groups is 1. The van der Waals surface area contributed by atoms with Gasteiger partial charge in [0, 0.05) is 35.0 Å². The van der Waals surface area contributed by atoms with Crippen molar-refractivity contribution in [3.05, 3.63) is 71.5 Å². The number of rotatable bonds is 6. The minimum Gasteiger partial charge on any atom is -0.451 e. The fourth-order valence-electron chi connectivity index (χ4n) is 3.99. The molecule has 146 valence electrons. The van der Waals surface area contributed by atoms with E-state index in [2.05, 4.69) is 31.2 Å². The van der Waals surface area contributed by atoms with Crippen LogP contribution in [0.3, 0.4) is 0 Å². The molecule has 3 aromatic rings. The van der Waals surface area contributed by atoms with Crippen molar-refractivity contribution in [2.24, 2.45) is 11.7 Å². The number of nitrogens with zero attached hydrogens (tertiary/aromatic N) is 1. The molecule has 0 aliphatic carbocycles. The molecule has 2 N–H and O–H groups in total. The highest BCUT2D eigenvalue weighted by atomic mass is 32.2. The fraction of sp³-hybridized carbons (Fsp3) is 0.348. The van der Waals surface area contributed by atoms with E-state index in [0.29, 0.717) is 24.8 Å². The number of nitrogens with two attached hydrogens (primary N) is 1. The second-order valence-corrected chi connectivity index (χ2v) is 8.51. The highest BCUT2D eigenvalue weighted by molar-refractivity contribution is 7.97. The maximum absolute atomic E-state index is 13.3. The molecule has 0 bridgehead atoms. The van der Waals surface area contributed by atoms with Crippen LogP contribution in [-0.2, 0) is 11.5 Å². The summed E-state index contributed by atoms with van der Waals surface area (Å²) in [5.41, 5.74) is 8.91. The van der Waals surface area contributed by atoms with E-state index in [4.69, 9.17) is 10.2 Å². The number of likely N-dealkylation sites (tertiary alicyclic amines) is 1. The molecule has 1 aliphatic heterocycles. The molecular formula is C23H26N2O2S. The predicted octanol–water partition coefficient (Wildman–Crippen LogP) is 4.68. The summed E-state index contributed by atoms with van der Waals surface area (Å²) in [4.78, 5) is 15.3. The van der Waals surface area contributed by atoms with Crippen LogP contribution in [0.5, 0.6) is 0 Å². The number of amides is 1. The molecule has 2 atom stereocenters. The first kappa shape index (κ1) is 19.1. The van der Waals surface area contributed by atoms with Crippen LogP contribution in [0.4, 0.5) is 0 Å². The Kier molecular flexibility index (Phi) is 5.74. The Morgan fingerprint density at radius 3 is 2.64 bits per heavy atom. The standard InChI is InChI=1S/C23H26N2O2S/c1-16-11-18(12-24)13-25(16)23(26)22-20(19-9-5-6-10-21(19)27-22)15-28-14-17-7-3-2-4-8-17/h2-10,16,18H,11-15,24H2,1H3. The van der Waals surface area contributed by atoms with Crippen LogP contribution in [0.15, 0.2) is 59.0 Å². The number of hydrogen-bond donors (Lipinski definition) is 1. The molecule has 1 saturated heterocycles. The zero-order chi connectivity index (χ0) is 19.5. The highest BCUT2D eigenvalue weighted by Gasteiger charge is 2.35. The minimum atomic E-state index is -0.00467. The second-order valence-electron chi connectivity index (χ2n) is 7.53. The van der Waals surface area contributed by atoms with Gasteiger partial charge in [-0.25, -0.2) is 0 Å². The molecule has 4 nitrogen and oxygen atoms in total. The van der Waals surface area contributed by atoms with Gasteiger partial charge in [0.15, 0.2) is 5.76 Å². The van der Waals surface area contributed by atoms with E-state index in [1.165, 1.54) is 5.56 Å². The van der Waals surface area contributed by atoms with E-state index >= 15 is 0 Å². The summed E-state index contributed by atoms with van der Waals surface area (Å²) in [6.07, 6.45) is 0.959. The fourth-order valence-corrected chi connectivity index (χ4v) is 5.01. The minimum absolute atomic E-state index is 0.00467. The van der Waals surface area contributed by atoms with Gasteiger partial charge in [0.05, 0.1) is 0 Å². The third-order valence-corrected chi connectivity index (χ3v) is 6.54. The summed E-state index contributed by atoms with van der Waals surface area (Å²) in [6.45, 7) is 3.43. The van der Waals surface area contributed by atoms with E-state index in [-0.39, 0.29) is 11.9 Å². The van der Waals surface area contributed by atoms with Gasteiger partial charge in [-0.3, -0.25) is 4.79 Å². The summed E-state index contributed by atoms with van der Waals surface area (Å²) >= 11 is 1.81. The number of carbonyl (C=O) groups excluding carboxylic acids is 1. The summed E-state index contributed by atoms with van der Waals surface area (Å²) < 4.78 is 6.06. The van der Waals surface area contributed by atoms with Gasteiger partial charge in [0.2, 0.25) is 0 Å². The zero-order valence-electron chi connectivity index (χ0n) is 16.1. The molecule has 0 radical (unpaired) electrons. The van der Waals surface area contributed by atoms with Gasteiger partial charge < -0.3 is 15.1 Å². The van der Waals surface area contributed by atoms with Crippen molar-refractivity contribution in [2.75, 3.05) is 13.1 Å². The molecule has 4 rings (SSSR count). The lowest BCUT2D eigenvalue weighted by Gasteiger charge is -2.20. The molecule has 1 aromatic heterocycles. The van der Waals surface area contributed by atoms with Crippen molar-refractivity contribution < 1.29 is 9.21 Å². The van der Waals surface area contributed by atoms with Crippen molar-refractivity contribution in [1.29, 1.82) is 0 Å². The Labute approximate surface area is 170 Å². The van der Waals surface area contributed by atoms with Crippen LogP contribution >= 0.6 is 11.8 Å². The highest BCUT2D eigenvalue weighted by Crippen LogP contribution is 2.33. The van der Waals surface area contributed by atoms with Crippen LogP contribution in [0, 0.1) is 5.92 Å². The lowest BCUT2D eigenvalue weighted by molar-refractivity contribution is 0.0712. The molecule has 2 aromatic carbocycles. The second kappa shape index (κ2) is 8.41. The molecule has 1 amide bonds. The number of thioether (sulfide) groups is 1. The molecular weight excluding hydrogens is 368 g/mol. The van der Waals surface area contributed by atoms with E-state index in [9.17, 15) is 4.79 Å². The van der Waals surface area contributed by atoms with Crippen LogP contribution < -0.4 is 5.73 Å². The van der Waals surface area contributed by atoms with Gasteiger partial charge in [-0.05, 0) is 37.4 Å². The number of benzene rings is 2. The topological polar surface area (TPSA) is 59.5 Å². The van der Waals surface area contributed by atoms with Crippen LogP contribution in [0.2, 0.25) is 0 Å². The van der Waals surface area contributed by atoms with E-state index in [1.807, 2.05) is 47.0 Å². The summed E-state index contributed by atoms with van der Waals surface area (Å²) in [6, 6.07) is 18.5. The van der Waals surface area contributed by atoms with Crippen LogP contribution in [-0.4, -0.2) is 29.9 Å². The van der Waals surface area contributed by atoms with Crippen molar-refractivity contribution in [2.45, 2.75) is 30.9 Å². The quantitative estimate of drug-likeness (QED) is 0.660. The third kappa shape index (κ3) is 3.82. The monoisotopic (exact) mass is 394 g/mol. The van der Waals surface area contributed by atoms with E-state index in [1.54, 1.807) is 0 Å². The summed E-state index contributed by atoms with van der Waals surface area (Å²) in [5, 5.41) is 1.04. The first-order valence-corrected chi connectivity index (χ1v) is 11.0. The molecule has 0 spiro atoms. The Morgan fingerprint density at radius 1 is 1.14 bits per heavy atom. The number of hydrogen-bond acceptors (Lipinski definition) is 4. The van der Waals surface area contributed by atoms with E-state index < -0.39 is 0 Å². The molecule has 2 unspecified atom stereocenters. The SMILES string of the molecule is CC1CC(CN)CN1C(=O)c1oc2ccccc2c1CSCc1ccccc1. The van der Waals surface area contributed by atoms with Crippen LogP contribution in [0.25, 0.3) is 11.0 Å². The first-order chi connectivity index (χ1) is 13.7. The smallest absolute Gasteiger partial charge is 0.290 e. The van der Waals surface area contributed by atoms with Crippen molar-refractivity contribution >= 4 is 28.6 Å². The largest absolute Gasteiger partial charge is 0.451 e. The average molecular weight is 395 g/mol. The molecule has 28 heavy (non-hydrogen) atoms.